The van der Waals surface area contributed by atoms with Crippen molar-refractivity contribution < 1.29 is 32.1 Å². The maximum absolute atomic E-state index is 13.0. The van der Waals surface area contributed by atoms with Crippen LogP contribution in [0.4, 0.5) is 24.5 Å². The lowest BCUT2D eigenvalue weighted by molar-refractivity contribution is -0.384. The molecule has 3 rings (SSSR count). The topological polar surface area (TPSA) is 100 Å². The lowest BCUT2D eigenvalue weighted by Gasteiger charge is -2.35. The molecule has 0 unspecified atom stereocenters. The summed E-state index contributed by atoms with van der Waals surface area (Å²) in [6, 6.07) is 6.53. The number of hydrogen-bond acceptors (Lipinski definition) is 6. The molecule has 0 aliphatic carbocycles. The molecule has 1 aliphatic heterocycles. The van der Waals surface area contributed by atoms with Gasteiger partial charge in [0.25, 0.3) is 11.6 Å². The van der Waals surface area contributed by atoms with E-state index < -0.39 is 35.8 Å². The Labute approximate surface area is 181 Å². The summed E-state index contributed by atoms with van der Waals surface area (Å²) in [5, 5.41) is 11.7. The van der Waals surface area contributed by atoms with Crippen molar-refractivity contribution in [1.82, 2.24) is 9.80 Å². The molecule has 32 heavy (non-hydrogen) atoms. The minimum Gasteiger partial charge on any atom is -0.467 e. The number of alkyl halides is 3. The van der Waals surface area contributed by atoms with E-state index in [1.807, 2.05) is 0 Å². The Bertz CT molecular complexity index is 986. The predicted molar refractivity (Wildman–Crippen MR) is 107 cm³/mol. The van der Waals surface area contributed by atoms with Gasteiger partial charge in [-0.15, -0.1) is 0 Å². The highest BCUT2D eigenvalue weighted by Gasteiger charge is 2.35. The number of rotatable bonds is 6. The van der Waals surface area contributed by atoms with E-state index in [-0.39, 0.29) is 22.9 Å². The number of nitro groups is 1. The smallest absolute Gasteiger partial charge is 0.406 e. The van der Waals surface area contributed by atoms with Gasteiger partial charge in [0.2, 0.25) is 5.91 Å². The average Bonchev–Trinajstić information content (AvgIpc) is 3.24. The minimum absolute atomic E-state index is 0.0959. The molecule has 12 heteroatoms. The summed E-state index contributed by atoms with van der Waals surface area (Å²) < 4.78 is 44.2. The van der Waals surface area contributed by atoms with Crippen LogP contribution < -0.4 is 4.90 Å². The molecule has 1 aromatic carbocycles. The van der Waals surface area contributed by atoms with Crippen molar-refractivity contribution in [3.8, 4) is 0 Å². The van der Waals surface area contributed by atoms with Crippen LogP contribution in [0.25, 0.3) is 0 Å². The molecule has 9 nitrogen and oxygen atoms in total. The van der Waals surface area contributed by atoms with Crippen LogP contribution in [0, 0.1) is 10.1 Å². The molecule has 1 aliphatic rings. The normalized spacial score (nSPS) is 14.4. The summed E-state index contributed by atoms with van der Waals surface area (Å²) in [7, 11) is 0. The number of carbonyl (C=O) groups excluding carboxylic acids is 2. The quantitative estimate of drug-likeness (QED) is 0.491. The Morgan fingerprint density at radius 3 is 2.41 bits per heavy atom. The van der Waals surface area contributed by atoms with Gasteiger partial charge in [0.15, 0.2) is 0 Å². The van der Waals surface area contributed by atoms with Crippen LogP contribution in [-0.4, -0.2) is 65.4 Å². The Balaban J connectivity index is 1.86. The highest BCUT2D eigenvalue weighted by Crippen LogP contribution is 2.31. The lowest BCUT2D eigenvalue weighted by atomic mass is 10.1. The van der Waals surface area contributed by atoms with E-state index >= 15 is 0 Å². The number of benzene rings is 1. The van der Waals surface area contributed by atoms with E-state index in [2.05, 4.69) is 0 Å². The predicted octanol–water partition coefficient (Wildman–Crippen LogP) is 3.06. The van der Waals surface area contributed by atoms with Crippen LogP contribution in [0.5, 0.6) is 0 Å². The Hall–Kier alpha value is -3.57. The fourth-order valence-corrected chi connectivity index (χ4v) is 3.52. The molecule has 2 aromatic rings. The van der Waals surface area contributed by atoms with Crippen LogP contribution in [0.2, 0.25) is 0 Å². The van der Waals surface area contributed by atoms with Gasteiger partial charge >= 0.3 is 6.18 Å². The van der Waals surface area contributed by atoms with Crippen LogP contribution >= 0.6 is 0 Å². The first-order valence-electron chi connectivity index (χ1n) is 9.72. The van der Waals surface area contributed by atoms with Gasteiger partial charge in [-0.1, -0.05) is 0 Å². The van der Waals surface area contributed by atoms with Gasteiger partial charge in [0.05, 0.1) is 17.7 Å². The fourth-order valence-electron chi connectivity index (χ4n) is 3.52. The molecule has 172 valence electrons. The van der Waals surface area contributed by atoms with Crippen LogP contribution in [0.3, 0.4) is 0 Å². The maximum Gasteiger partial charge on any atom is 0.406 e. The van der Waals surface area contributed by atoms with Crippen molar-refractivity contribution >= 4 is 23.2 Å². The summed E-state index contributed by atoms with van der Waals surface area (Å²) in [4.78, 5) is 39.2. The van der Waals surface area contributed by atoms with Crippen molar-refractivity contribution in [2.24, 2.45) is 0 Å². The molecule has 1 fully saturated rings. The van der Waals surface area contributed by atoms with Gasteiger partial charge < -0.3 is 19.1 Å². The second-order valence-electron chi connectivity index (χ2n) is 7.31. The molecule has 0 bridgehead atoms. The van der Waals surface area contributed by atoms with Crippen LogP contribution in [0.15, 0.2) is 41.0 Å². The Morgan fingerprint density at radius 2 is 1.88 bits per heavy atom. The average molecular weight is 454 g/mol. The second-order valence-corrected chi connectivity index (χ2v) is 7.31. The molecular formula is C20H21F3N4O5. The molecule has 0 spiro atoms. The van der Waals surface area contributed by atoms with Crippen molar-refractivity contribution in [2.45, 2.75) is 19.6 Å². The number of hydrogen-bond donors (Lipinski definition) is 0. The Morgan fingerprint density at radius 1 is 1.19 bits per heavy atom. The number of carbonyl (C=O) groups is 2. The highest BCUT2D eigenvalue weighted by atomic mass is 19.4. The van der Waals surface area contributed by atoms with Gasteiger partial charge in [0, 0.05) is 44.7 Å². The van der Waals surface area contributed by atoms with E-state index in [0.29, 0.717) is 31.1 Å². The molecule has 2 heterocycles. The molecule has 1 saturated heterocycles. The van der Waals surface area contributed by atoms with Gasteiger partial charge in [-0.2, -0.15) is 13.2 Å². The number of amides is 2. The molecule has 1 aromatic heterocycles. The molecule has 0 saturated carbocycles. The Kier molecular flexibility index (Phi) is 6.70. The lowest BCUT2D eigenvalue weighted by Crippen LogP contribution is -2.48. The maximum atomic E-state index is 13.0. The first-order valence-corrected chi connectivity index (χ1v) is 9.72. The van der Waals surface area contributed by atoms with Gasteiger partial charge in [-0.05, 0) is 24.3 Å². The van der Waals surface area contributed by atoms with Crippen LogP contribution in [0.1, 0.15) is 23.0 Å². The highest BCUT2D eigenvalue weighted by molar-refractivity contribution is 5.96. The van der Waals surface area contributed by atoms with Gasteiger partial charge in [-0.3, -0.25) is 19.7 Å². The van der Waals surface area contributed by atoms with Crippen molar-refractivity contribution in [3.63, 3.8) is 0 Å². The molecule has 0 atom stereocenters. The standard InChI is InChI=1S/C20H21F3N4O5/c1-14(28)24-6-8-25(9-7-24)17-5-4-15(11-18(17)27(30)31)19(29)26(13-20(21,22)23)12-16-3-2-10-32-16/h2-5,10-11H,6-9,12-13H2,1H3. The monoisotopic (exact) mass is 454 g/mol. The second kappa shape index (κ2) is 9.28. The van der Waals surface area contributed by atoms with Crippen LogP contribution in [-0.2, 0) is 11.3 Å². The summed E-state index contributed by atoms with van der Waals surface area (Å²) in [5.74, 6) is -0.951. The first-order chi connectivity index (χ1) is 15.0. The number of furan rings is 1. The third-order valence-electron chi connectivity index (χ3n) is 5.07. The zero-order valence-corrected chi connectivity index (χ0v) is 17.2. The van der Waals surface area contributed by atoms with E-state index in [1.54, 1.807) is 9.80 Å². The third-order valence-corrected chi connectivity index (χ3v) is 5.07. The molecule has 2 amide bonds. The number of piperazine rings is 1. The number of nitrogens with zero attached hydrogens (tertiary/aromatic N) is 4. The largest absolute Gasteiger partial charge is 0.467 e. The number of nitro benzene ring substituents is 1. The van der Waals surface area contributed by atoms with Crippen molar-refractivity contribution in [1.29, 1.82) is 0 Å². The first kappa shape index (κ1) is 23.1. The molecular weight excluding hydrogens is 433 g/mol. The summed E-state index contributed by atoms with van der Waals surface area (Å²) in [6.07, 6.45) is -3.39. The summed E-state index contributed by atoms with van der Waals surface area (Å²) >= 11 is 0. The van der Waals surface area contributed by atoms with Crippen molar-refractivity contribution in [2.75, 3.05) is 37.6 Å². The van der Waals surface area contributed by atoms with E-state index in [1.165, 1.54) is 37.5 Å². The number of anilines is 1. The SMILES string of the molecule is CC(=O)N1CCN(c2ccc(C(=O)N(Cc3ccco3)CC(F)(F)F)cc2[N+](=O)[O-])CC1. The zero-order chi connectivity index (χ0) is 23.5. The van der Waals surface area contributed by atoms with Gasteiger partial charge in [-0.25, -0.2) is 0 Å². The summed E-state index contributed by atoms with van der Waals surface area (Å²) in [6.45, 7) is 0.946. The number of halogens is 3. The van der Waals surface area contributed by atoms with E-state index in [4.69, 9.17) is 4.42 Å². The van der Waals surface area contributed by atoms with E-state index in [0.717, 1.165) is 6.07 Å². The van der Waals surface area contributed by atoms with Crippen molar-refractivity contribution in [3.05, 3.63) is 58.0 Å². The third kappa shape index (κ3) is 5.56. The fraction of sp³-hybridized carbons (Fsp3) is 0.400. The molecule has 0 N–H and O–H groups in total. The van der Waals surface area contributed by atoms with Gasteiger partial charge in [0.1, 0.15) is 18.0 Å². The summed E-state index contributed by atoms with van der Waals surface area (Å²) in [5.41, 5.74) is -0.390. The van der Waals surface area contributed by atoms with E-state index in [9.17, 15) is 32.9 Å². The minimum atomic E-state index is -4.66. The molecule has 0 radical (unpaired) electrons. The zero-order valence-electron chi connectivity index (χ0n) is 17.2.